The van der Waals surface area contributed by atoms with Crippen molar-refractivity contribution in [2.45, 2.75) is 45.5 Å². The summed E-state index contributed by atoms with van der Waals surface area (Å²) < 4.78 is 0. The smallest absolute Gasteiger partial charge is 0.0308 e. The molecule has 1 aromatic rings. The Labute approximate surface area is 104 Å². The van der Waals surface area contributed by atoms with Crippen molar-refractivity contribution in [3.8, 4) is 0 Å². The van der Waals surface area contributed by atoms with Gasteiger partial charge in [0, 0.05) is 11.9 Å². The summed E-state index contributed by atoms with van der Waals surface area (Å²) in [6.07, 6.45) is 2.23. The normalized spacial score (nSPS) is 12.8. The van der Waals surface area contributed by atoms with Crippen LogP contribution in [0.2, 0.25) is 0 Å². The second kappa shape index (κ2) is 6.93. The molecule has 1 N–H and O–H groups in total. The zero-order chi connectivity index (χ0) is 12.0. The number of benzene rings is 1. The van der Waals surface area contributed by atoms with Gasteiger partial charge in [0.25, 0.3) is 0 Å². The van der Waals surface area contributed by atoms with E-state index in [9.17, 15) is 0 Å². The lowest BCUT2D eigenvalue weighted by molar-refractivity contribution is 0.619. The Morgan fingerprint density at radius 3 is 2.38 bits per heavy atom. The van der Waals surface area contributed by atoms with Crippen LogP contribution in [-0.4, -0.2) is 11.9 Å². The lowest BCUT2D eigenvalue weighted by Crippen LogP contribution is -2.15. The summed E-state index contributed by atoms with van der Waals surface area (Å²) in [6, 6.07) is 6.69. The lowest BCUT2D eigenvalue weighted by Gasteiger charge is -2.07. The number of hydrogen-bond donors (Lipinski definition) is 1. The van der Waals surface area contributed by atoms with Crippen LogP contribution in [0.5, 0.6) is 0 Å². The van der Waals surface area contributed by atoms with E-state index in [0.29, 0.717) is 5.38 Å². The standard InChI is InChI=1S/C14H22ClN/c1-11-7-12(2)9-14(8-11)10-16-6-4-5-13(3)15/h7-9,13,16H,4-6,10H2,1-3H3. The minimum Gasteiger partial charge on any atom is -0.313 e. The van der Waals surface area contributed by atoms with Crippen LogP contribution in [0.15, 0.2) is 18.2 Å². The predicted octanol–water partition coefficient (Wildman–Crippen LogP) is 3.80. The Hall–Kier alpha value is -0.530. The van der Waals surface area contributed by atoms with E-state index in [2.05, 4.69) is 37.4 Å². The molecule has 0 fully saturated rings. The number of halogens is 1. The molecule has 0 saturated heterocycles. The number of rotatable bonds is 6. The van der Waals surface area contributed by atoms with E-state index in [4.69, 9.17) is 11.6 Å². The fraction of sp³-hybridized carbons (Fsp3) is 0.571. The van der Waals surface area contributed by atoms with Gasteiger partial charge in [-0.1, -0.05) is 29.3 Å². The van der Waals surface area contributed by atoms with E-state index < -0.39 is 0 Å². The highest BCUT2D eigenvalue weighted by molar-refractivity contribution is 6.20. The Kier molecular flexibility index (Phi) is 5.86. The topological polar surface area (TPSA) is 12.0 Å². The maximum atomic E-state index is 5.89. The van der Waals surface area contributed by atoms with Crippen LogP contribution in [0.1, 0.15) is 36.5 Å². The minimum absolute atomic E-state index is 0.294. The molecule has 1 atom stereocenters. The predicted molar refractivity (Wildman–Crippen MR) is 72.2 cm³/mol. The summed E-state index contributed by atoms with van der Waals surface area (Å²) >= 11 is 5.89. The molecule has 1 aromatic carbocycles. The third kappa shape index (κ3) is 5.53. The highest BCUT2D eigenvalue weighted by Gasteiger charge is 1.97. The first-order chi connectivity index (χ1) is 7.58. The molecular formula is C14H22ClN. The Morgan fingerprint density at radius 1 is 1.19 bits per heavy atom. The molecule has 0 aliphatic heterocycles. The molecule has 0 heterocycles. The molecule has 2 heteroatoms. The van der Waals surface area contributed by atoms with Crippen LogP contribution in [0.3, 0.4) is 0 Å². The molecule has 1 nitrogen and oxygen atoms in total. The van der Waals surface area contributed by atoms with Crippen LogP contribution in [0, 0.1) is 13.8 Å². The summed E-state index contributed by atoms with van der Waals surface area (Å²) in [5.41, 5.74) is 4.05. The molecule has 90 valence electrons. The Morgan fingerprint density at radius 2 is 1.81 bits per heavy atom. The molecule has 0 amide bonds. The lowest BCUT2D eigenvalue weighted by atomic mass is 10.1. The molecular weight excluding hydrogens is 218 g/mol. The van der Waals surface area contributed by atoms with Crippen LogP contribution in [0.25, 0.3) is 0 Å². The molecule has 1 unspecified atom stereocenters. The molecule has 0 saturated carbocycles. The largest absolute Gasteiger partial charge is 0.313 e. The Balaban J connectivity index is 2.26. The van der Waals surface area contributed by atoms with Crippen molar-refractivity contribution in [1.82, 2.24) is 5.32 Å². The summed E-state index contributed by atoms with van der Waals surface area (Å²) in [7, 11) is 0. The van der Waals surface area contributed by atoms with E-state index >= 15 is 0 Å². The van der Waals surface area contributed by atoms with Crippen LogP contribution in [-0.2, 0) is 6.54 Å². The second-order valence-corrected chi connectivity index (χ2v) is 5.34. The van der Waals surface area contributed by atoms with Gasteiger partial charge in [0.1, 0.15) is 0 Å². The summed E-state index contributed by atoms with van der Waals surface area (Å²) in [6.45, 7) is 8.34. The first kappa shape index (κ1) is 13.5. The third-order valence-electron chi connectivity index (χ3n) is 2.57. The minimum atomic E-state index is 0.294. The van der Waals surface area contributed by atoms with Gasteiger partial charge >= 0.3 is 0 Å². The van der Waals surface area contributed by atoms with Crippen LogP contribution in [0.4, 0.5) is 0 Å². The van der Waals surface area contributed by atoms with Crippen LogP contribution >= 0.6 is 11.6 Å². The number of aryl methyl sites for hydroxylation is 2. The number of nitrogens with one attached hydrogen (secondary N) is 1. The highest BCUT2D eigenvalue weighted by Crippen LogP contribution is 2.08. The molecule has 0 radical (unpaired) electrons. The van der Waals surface area contributed by atoms with Gasteiger partial charge in [-0.15, -0.1) is 11.6 Å². The van der Waals surface area contributed by atoms with Crippen molar-refractivity contribution >= 4 is 11.6 Å². The van der Waals surface area contributed by atoms with Crippen molar-refractivity contribution in [3.05, 3.63) is 34.9 Å². The first-order valence-electron chi connectivity index (χ1n) is 6.00. The van der Waals surface area contributed by atoms with E-state index in [1.54, 1.807) is 0 Å². The molecule has 16 heavy (non-hydrogen) atoms. The van der Waals surface area contributed by atoms with Crippen molar-refractivity contribution < 1.29 is 0 Å². The van der Waals surface area contributed by atoms with Crippen molar-refractivity contribution in [1.29, 1.82) is 0 Å². The molecule has 0 aliphatic rings. The summed E-state index contributed by atoms with van der Waals surface area (Å²) in [5, 5.41) is 3.75. The van der Waals surface area contributed by atoms with E-state index in [1.807, 2.05) is 6.92 Å². The quantitative estimate of drug-likeness (QED) is 0.588. The zero-order valence-electron chi connectivity index (χ0n) is 10.5. The van der Waals surface area contributed by atoms with Gasteiger partial charge in [0.05, 0.1) is 0 Å². The van der Waals surface area contributed by atoms with Crippen molar-refractivity contribution in [2.24, 2.45) is 0 Å². The molecule has 0 spiro atoms. The Bertz CT molecular complexity index is 300. The van der Waals surface area contributed by atoms with Gasteiger partial charge in [-0.05, 0) is 45.7 Å². The van der Waals surface area contributed by atoms with Gasteiger partial charge in [0.15, 0.2) is 0 Å². The number of hydrogen-bond acceptors (Lipinski definition) is 1. The van der Waals surface area contributed by atoms with E-state index in [1.165, 1.54) is 16.7 Å². The fourth-order valence-electron chi connectivity index (χ4n) is 1.91. The zero-order valence-corrected chi connectivity index (χ0v) is 11.3. The highest BCUT2D eigenvalue weighted by atomic mass is 35.5. The molecule has 0 bridgehead atoms. The molecule has 0 aliphatic carbocycles. The van der Waals surface area contributed by atoms with E-state index in [-0.39, 0.29) is 0 Å². The van der Waals surface area contributed by atoms with Crippen LogP contribution < -0.4 is 5.32 Å². The monoisotopic (exact) mass is 239 g/mol. The van der Waals surface area contributed by atoms with Crippen molar-refractivity contribution in [3.63, 3.8) is 0 Å². The molecule has 1 rings (SSSR count). The first-order valence-corrected chi connectivity index (χ1v) is 6.43. The van der Waals surface area contributed by atoms with E-state index in [0.717, 1.165) is 25.9 Å². The van der Waals surface area contributed by atoms with Gasteiger partial charge in [-0.25, -0.2) is 0 Å². The SMILES string of the molecule is Cc1cc(C)cc(CNCCCC(C)Cl)c1. The molecule has 0 aromatic heterocycles. The fourth-order valence-corrected chi connectivity index (χ4v) is 2.07. The average molecular weight is 240 g/mol. The summed E-state index contributed by atoms with van der Waals surface area (Å²) in [4.78, 5) is 0. The van der Waals surface area contributed by atoms with Gasteiger partial charge < -0.3 is 5.32 Å². The number of alkyl halides is 1. The van der Waals surface area contributed by atoms with Crippen molar-refractivity contribution in [2.75, 3.05) is 6.54 Å². The average Bonchev–Trinajstić information content (AvgIpc) is 2.15. The third-order valence-corrected chi connectivity index (χ3v) is 2.78. The summed E-state index contributed by atoms with van der Waals surface area (Å²) in [5.74, 6) is 0. The maximum absolute atomic E-state index is 5.89. The second-order valence-electron chi connectivity index (χ2n) is 4.60. The maximum Gasteiger partial charge on any atom is 0.0308 e. The van der Waals surface area contributed by atoms with Gasteiger partial charge in [-0.3, -0.25) is 0 Å². The van der Waals surface area contributed by atoms with Gasteiger partial charge in [0.2, 0.25) is 0 Å². The van der Waals surface area contributed by atoms with Gasteiger partial charge in [-0.2, -0.15) is 0 Å².